The lowest BCUT2D eigenvalue weighted by molar-refractivity contribution is -0.137. The van der Waals surface area contributed by atoms with E-state index in [1.165, 1.54) is 25.3 Å². The first-order chi connectivity index (χ1) is 10.9. The van der Waals surface area contributed by atoms with Gasteiger partial charge in [-0.2, -0.15) is 13.2 Å². The zero-order valence-corrected chi connectivity index (χ0v) is 12.2. The van der Waals surface area contributed by atoms with E-state index in [0.29, 0.717) is 22.0 Å². The third-order valence-corrected chi connectivity index (χ3v) is 3.69. The summed E-state index contributed by atoms with van der Waals surface area (Å²) in [7, 11) is 0. The lowest BCUT2D eigenvalue weighted by atomic mass is 9.91. The highest BCUT2D eigenvalue weighted by atomic mass is 19.4. The van der Waals surface area contributed by atoms with E-state index in [-0.39, 0.29) is 5.56 Å². The Kier molecular flexibility index (Phi) is 3.82. The third kappa shape index (κ3) is 2.80. The van der Waals surface area contributed by atoms with Crippen molar-refractivity contribution in [1.29, 1.82) is 0 Å². The van der Waals surface area contributed by atoms with Crippen LogP contribution in [0.2, 0.25) is 0 Å². The number of fused-ring (bicyclic) bond motifs is 1. The molecule has 0 saturated carbocycles. The van der Waals surface area contributed by atoms with Crippen LogP contribution in [0, 0.1) is 6.07 Å². The maximum absolute atomic E-state index is 13.4. The highest BCUT2D eigenvalue weighted by molar-refractivity contribution is 5.97. The third-order valence-electron chi connectivity index (χ3n) is 3.69. The minimum absolute atomic E-state index is 0.0366. The van der Waals surface area contributed by atoms with E-state index >= 15 is 0 Å². The molecule has 0 aliphatic rings. The van der Waals surface area contributed by atoms with Crippen LogP contribution < -0.4 is 0 Å². The van der Waals surface area contributed by atoms with Gasteiger partial charge in [-0.05, 0) is 36.2 Å². The van der Waals surface area contributed by atoms with Crippen molar-refractivity contribution in [2.75, 3.05) is 0 Å². The maximum atomic E-state index is 13.4. The van der Waals surface area contributed by atoms with Gasteiger partial charge >= 0.3 is 6.18 Å². The smallest absolute Gasteiger partial charge is 0.389 e. The highest BCUT2D eigenvalue weighted by Crippen LogP contribution is 2.41. The average Bonchev–Trinajstić information content (AvgIpc) is 2.52. The molecular formula is C18H13F3NO. The Morgan fingerprint density at radius 1 is 1.17 bits per heavy atom. The lowest BCUT2D eigenvalue weighted by Crippen LogP contribution is -2.08. The number of aromatic nitrogens is 1. The Labute approximate surface area is 131 Å². The molecular weight excluding hydrogens is 303 g/mol. The number of rotatable bonds is 2. The molecule has 0 fully saturated rings. The fourth-order valence-electron chi connectivity index (χ4n) is 2.66. The van der Waals surface area contributed by atoms with Gasteiger partial charge in [-0.25, -0.2) is 0 Å². The number of pyridine rings is 1. The summed E-state index contributed by atoms with van der Waals surface area (Å²) in [6, 6.07) is 13.1. The molecule has 1 heterocycles. The molecule has 3 aromatic rings. The van der Waals surface area contributed by atoms with Gasteiger partial charge in [0.25, 0.3) is 0 Å². The molecule has 0 bridgehead atoms. The molecule has 23 heavy (non-hydrogen) atoms. The maximum Gasteiger partial charge on any atom is 0.417 e. The number of hydrogen-bond acceptors (Lipinski definition) is 2. The summed E-state index contributed by atoms with van der Waals surface area (Å²) in [5.41, 5.74) is 0.549. The molecule has 3 rings (SSSR count). The van der Waals surface area contributed by atoms with E-state index in [1.807, 2.05) is 0 Å². The van der Waals surface area contributed by atoms with E-state index in [9.17, 15) is 18.3 Å². The van der Waals surface area contributed by atoms with Crippen LogP contribution in [0.1, 0.15) is 24.2 Å². The summed E-state index contributed by atoms with van der Waals surface area (Å²) in [5.74, 6) is 0. The van der Waals surface area contributed by atoms with Gasteiger partial charge in [0.2, 0.25) is 0 Å². The summed E-state index contributed by atoms with van der Waals surface area (Å²) >= 11 is 0. The molecule has 5 heteroatoms. The lowest BCUT2D eigenvalue weighted by Gasteiger charge is -2.18. The van der Waals surface area contributed by atoms with Gasteiger partial charge in [-0.3, -0.25) is 4.98 Å². The number of benzene rings is 2. The predicted molar refractivity (Wildman–Crippen MR) is 81.7 cm³/mol. The Balaban J connectivity index is 2.43. The van der Waals surface area contributed by atoms with Crippen LogP contribution >= 0.6 is 0 Å². The molecule has 0 aliphatic heterocycles. The fraction of sp³-hybridized carbons (Fsp3) is 0.167. The molecule has 117 valence electrons. The molecule has 1 aromatic heterocycles. The number of alkyl halides is 3. The zero-order valence-electron chi connectivity index (χ0n) is 12.2. The first kappa shape index (κ1) is 15.5. The second-order valence-electron chi connectivity index (χ2n) is 5.25. The summed E-state index contributed by atoms with van der Waals surface area (Å²) in [5, 5.41) is 10.5. The quantitative estimate of drug-likeness (QED) is 0.738. The predicted octanol–water partition coefficient (Wildman–Crippen LogP) is 4.77. The number of aliphatic hydroxyl groups excluding tert-OH is 1. The first-order valence-corrected chi connectivity index (χ1v) is 7.03. The Bertz CT molecular complexity index is 856. The summed E-state index contributed by atoms with van der Waals surface area (Å²) in [6.45, 7) is 1.51. The van der Waals surface area contributed by atoms with Crippen LogP contribution in [0.15, 0.2) is 48.7 Å². The van der Waals surface area contributed by atoms with Gasteiger partial charge in [0.15, 0.2) is 0 Å². The minimum atomic E-state index is -4.48. The number of halogens is 3. The highest BCUT2D eigenvalue weighted by Gasteiger charge is 2.34. The molecule has 2 aromatic carbocycles. The van der Waals surface area contributed by atoms with Gasteiger partial charge < -0.3 is 5.11 Å². The van der Waals surface area contributed by atoms with Crippen LogP contribution in [0.5, 0.6) is 0 Å². The molecule has 0 aliphatic carbocycles. The van der Waals surface area contributed by atoms with Gasteiger partial charge in [0.05, 0.1) is 17.2 Å². The molecule has 1 atom stereocenters. The first-order valence-electron chi connectivity index (χ1n) is 7.03. The Hall–Kier alpha value is -2.40. The van der Waals surface area contributed by atoms with Crippen LogP contribution in [0.3, 0.4) is 0 Å². The summed E-state index contributed by atoms with van der Waals surface area (Å²) in [6.07, 6.45) is -4.00. The van der Waals surface area contributed by atoms with Crippen molar-refractivity contribution in [1.82, 2.24) is 4.98 Å². The second kappa shape index (κ2) is 5.66. The molecule has 1 N–H and O–H groups in total. The number of aliphatic hydroxyl groups is 1. The summed E-state index contributed by atoms with van der Waals surface area (Å²) in [4.78, 5) is 4.21. The average molecular weight is 316 g/mol. The van der Waals surface area contributed by atoms with E-state index in [2.05, 4.69) is 11.1 Å². The standard InChI is InChI=1S/C18H13F3NO/c1-11(23)14-10-22-16-9-5-3-7-13(16)17(14)12-6-2-4-8-15(12)18(19,20)21/h2-4,6-11,23H,1H3. The van der Waals surface area contributed by atoms with Crippen molar-refractivity contribution in [2.24, 2.45) is 0 Å². The van der Waals surface area contributed by atoms with E-state index in [1.54, 1.807) is 24.3 Å². The molecule has 1 radical (unpaired) electrons. The zero-order chi connectivity index (χ0) is 16.6. The van der Waals surface area contributed by atoms with Crippen molar-refractivity contribution in [2.45, 2.75) is 19.2 Å². The topological polar surface area (TPSA) is 33.1 Å². The molecule has 0 amide bonds. The van der Waals surface area contributed by atoms with Gasteiger partial charge in [-0.1, -0.05) is 30.3 Å². The van der Waals surface area contributed by atoms with E-state index in [4.69, 9.17) is 0 Å². The van der Waals surface area contributed by atoms with Crippen LogP contribution in [0.4, 0.5) is 13.2 Å². The number of nitrogens with zero attached hydrogens (tertiary/aromatic N) is 1. The second-order valence-corrected chi connectivity index (χ2v) is 5.25. The molecule has 0 spiro atoms. The molecule has 1 unspecified atom stereocenters. The van der Waals surface area contributed by atoms with Crippen LogP contribution in [-0.4, -0.2) is 10.1 Å². The van der Waals surface area contributed by atoms with Crippen molar-refractivity contribution in [3.05, 3.63) is 65.9 Å². The summed E-state index contributed by atoms with van der Waals surface area (Å²) < 4.78 is 40.1. The Morgan fingerprint density at radius 3 is 2.61 bits per heavy atom. The van der Waals surface area contributed by atoms with Gasteiger partial charge in [0.1, 0.15) is 0 Å². The number of hydrogen-bond donors (Lipinski definition) is 1. The van der Waals surface area contributed by atoms with E-state index < -0.39 is 17.8 Å². The molecule has 0 saturated heterocycles. The largest absolute Gasteiger partial charge is 0.417 e. The fourth-order valence-corrected chi connectivity index (χ4v) is 2.66. The van der Waals surface area contributed by atoms with Crippen molar-refractivity contribution >= 4 is 10.9 Å². The van der Waals surface area contributed by atoms with Crippen molar-refractivity contribution < 1.29 is 18.3 Å². The molecule has 2 nitrogen and oxygen atoms in total. The van der Waals surface area contributed by atoms with E-state index in [0.717, 1.165) is 6.07 Å². The van der Waals surface area contributed by atoms with Crippen LogP contribution in [0.25, 0.3) is 22.0 Å². The van der Waals surface area contributed by atoms with Crippen molar-refractivity contribution in [3.63, 3.8) is 0 Å². The SMILES string of the molecule is CC(O)c1cnc2c[c]ccc2c1-c1ccccc1C(F)(F)F. The van der Waals surface area contributed by atoms with Crippen LogP contribution in [-0.2, 0) is 6.18 Å². The normalized spacial score (nSPS) is 13.3. The van der Waals surface area contributed by atoms with Gasteiger partial charge in [0, 0.05) is 17.1 Å². The monoisotopic (exact) mass is 316 g/mol. The minimum Gasteiger partial charge on any atom is -0.389 e. The van der Waals surface area contributed by atoms with Gasteiger partial charge in [-0.15, -0.1) is 0 Å². The van der Waals surface area contributed by atoms with Crippen molar-refractivity contribution in [3.8, 4) is 11.1 Å². The Morgan fingerprint density at radius 2 is 1.91 bits per heavy atom.